The summed E-state index contributed by atoms with van der Waals surface area (Å²) in [7, 11) is 6.19. The summed E-state index contributed by atoms with van der Waals surface area (Å²) >= 11 is 0. The van der Waals surface area contributed by atoms with E-state index in [9.17, 15) is 9.90 Å². The Kier molecular flexibility index (Phi) is 5.64. The number of nitrogens with one attached hydrogen (secondary N) is 1. The normalized spacial score (nSPS) is 11.7. The van der Waals surface area contributed by atoms with Gasteiger partial charge in [-0.15, -0.1) is 5.10 Å². The highest BCUT2D eigenvalue weighted by atomic mass is 16.5. The molecule has 2 rings (SSSR count). The van der Waals surface area contributed by atoms with Crippen LogP contribution in [0.5, 0.6) is 17.4 Å². The first kappa shape index (κ1) is 17.6. The molecule has 0 saturated heterocycles. The Morgan fingerprint density at radius 3 is 2.58 bits per heavy atom. The summed E-state index contributed by atoms with van der Waals surface area (Å²) in [6.07, 6.45) is 0.660. The van der Waals surface area contributed by atoms with Crippen LogP contribution in [-0.2, 0) is 7.05 Å². The molecule has 1 heterocycles. The van der Waals surface area contributed by atoms with Crippen LogP contribution in [0.1, 0.15) is 22.0 Å². The van der Waals surface area contributed by atoms with E-state index in [1.807, 2.05) is 0 Å². The number of aliphatic hydroxyl groups excluding tert-OH is 1. The second-order valence-corrected chi connectivity index (χ2v) is 5.07. The number of methoxy groups -OCH3 is 3. The summed E-state index contributed by atoms with van der Waals surface area (Å²) in [5, 5.41) is 16.9. The molecule has 0 aliphatic heterocycles. The summed E-state index contributed by atoms with van der Waals surface area (Å²) < 4.78 is 16.9. The third-order valence-electron chi connectivity index (χ3n) is 3.48. The first-order chi connectivity index (χ1) is 11.5. The van der Waals surface area contributed by atoms with Crippen molar-refractivity contribution in [2.24, 2.45) is 7.05 Å². The average molecular weight is 335 g/mol. The van der Waals surface area contributed by atoms with Gasteiger partial charge in [0.05, 0.1) is 27.4 Å². The smallest absolute Gasteiger partial charge is 0.258 e. The summed E-state index contributed by atoms with van der Waals surface area (Å²) in [4.78, 5) is 12.2. The third kappa shape index (κ3) is 3.77. The zero-order chi connectivity index (χ0) is 17.7. The molecule has 8 heteroatoms. The molecule has 1 atom stereocenters. The Morgan fingerprint density at radius 1 is 1.25 bits per heavy atom. The fourth-order valence-electron chi connectivity index (χ4n) is 2.24. The van der Waals surface area contributed by atoms with E-state index in [1.54, 1.807) is 31.4 Å². The van der Waals surface area contributed by atoms with E-state index in [0.717, 1.165) is 0 Å². The summed E-state index contributed by atoms with van der Waals surface area (Å²) in [6, 6.07) is 5.08. The molecule has 1 aromatic heterocycles. The molecule has 2 N–H and O–H groups in total. The molecule has 0 saturated carbocycles. The van der Waals surface area contributed by atoms with Crippen LogP contribution in [0.15, 0.2) is 24.4 Å². The predicted octanol–water partition coefficient (Wildman–Crippen LogP) is 0.909. The number of ether oxygens (including phenoxy) is 3. The predicted molar refractivity (Wildman–Crippen MR) is 86.6 cm³/mol. The first-order valence-electron chi connectivity index (χ1n) is 7.26. The summed E-state index contributed by atoms with van der Waals surface area (Å²) in [6.45, 7) is 0.0341. The number of nitrogens with zero attached hydrogens (tertiary/aromatic N) is 2. The van der Waals surface area contributed by atoms with Gasteiger partial charge in [-0.3, -0.25) is 9.48 Å². The van der Waals surface area contributed by atoms with Crippen molar-refractivity contribution in [3.05, 3.63) is 35.5 Å². The molecular weight excluding hydrogens is 314 g/mol. The molecule has 0 bridgehead atoms. The van der Waals surface area contributed by atoms with Gasteiger partial charge in [-0.1, -0.05) is 6.07 Å². The van der Waals surface area contributed by atoms with Gasteiger partial charge in [0.25, 0.3) is 5.91 Å². The summed E-state index contributed by atoms with van der Waals surface area (Å²) in [5.41, 5.74) is 0.908. The van der Waals surface area contributed by atoms with Crippen LogP contribution in [0, 0.1) is 0 Å². The van der Waals surface area contributed by atoms with E-state index in [0.29, 0.717) is 22.6 Å². The Bertz CT molecular complexity index is 714. The zero-order valence-corrected chi connectivity index (χ0v) is 14.1. The highest BCUT2D eigenvalue weighted by Crippen LogP contribution is 2.29. The molecule has 2 aromatic rings. The van der Waals surface area contributed by atoms with Gasteiger partial charge in [0.15, 0.2) is 11.5 Å². The van der Waals surface area contributed by atoms with Crippen LogP contribution in [0.25, 0.3) is 0 Å². The Morgan fingerprint density at radius 2 is 1.96 bits per heavy atom. The number of carbonyl (C=O) groups is 1. The number of benzene rings is 1. The van der Waals surface area contributed by atoms with Crippen molar-refractivity contribution in [1.82, 2.24) is 15.1 Å². The number of rotatable bonds is 7. The number of amides is 1. The fraction of sp³-hybridized carbons (Fsp3) is 0.375. The third-order valence-corrected chi connectivity index (χ3v) is 3.48. The minimum atomic E-state index is -0.892. The lowest BCUT2D eigenvalue weighted by Gasteiger charge is -2.14. The standard InChI is InChI=1S/C16H21N3O5/c1-19-9-11(16(18-19)24-4)15(21)17-8-12(20)10-5-6-13(22-2)14(7-10)23-3/h5-7,9,12,20H,8H2,1-4H3,(H,17,21). The number of hydrogen-bond acceptors (Lipinski definition) is 6. The molecular formula is C16H21N3O5. The SMILES string of the molecule is COc1ccc(C(O)CNC(=O)c2cn(C)nc2OC)cc1OC. The van der Waals surface area contributed by atoms with Crippen LogP contribution in [0.2, 0.25) is 0 Å². The number of hydrogen-bond donors (Lipinski definition) is 2. The van der Waals surface area contributed by atoms with Gasteiger partial charge in [0, 0.05) is 19.8 Å². The van der Waals surface area contributed by atoms with Crippen LogP contribution in [0.3, 0.4) is 0 Å². The molecule has 8 nitrogen and oxygen atoms in total. The molecule has 1 unspecified atom stereocenters. The lowest BCUT2D eigenvalue weighted by Crippen LogP contribution is -2.28. The van der Waals surface area contributed by atoms with E-state index in [-0.39, 0.29) is 18.3 Å². The van der Waals surface area contributed by atoms with Gasteiger partial charge in [0.1, 0.15) is 5.56 Å². The monoisotopic (exact) mass is 335 g/mol. The van der Waals surface area contributed by atoms with Crippen LogP contribution in [-0.4, -0.2) is 48.7 Å². The van der Waals surface area contributed by atoms with E-state index in [1.165, 1.54) is 26.0 Å². The maximum Gasteiger partial charge on any atom is 0.258 e. The molecule has 0 radical (unpaired) electrons. The molecule has 130 valence electrons. The van der Waals surface area contributed by atoms with Crippen LogP contribution >= 0.6 is 0 Å². The Balaban J connectivity index is 2.04. The molecule has 0 aliphatic rings. The summed E-state index contributed by atoms with van der Waals surface area (Å²) in [5.74, 6) is 0.932. The second kappa shape index (κ2) is 7.69. The van der Waals surface area contributed by atoms with Crippen molar-refractivity contribution in [3.8, 4) is 17.4 Å². The van der Waals surface area contributed by atoms with Crippen LogP contribution in [0.4, 0.5) is 0 Å². The number of aromatic nitrogens is 2. The van der Waals surface area contributed by atoms with Crippen molar-refractivity contribution >= 4 is 5.91 Å². The minimum Gasteiger partial charge on any atom is -0.493 e. The van der Waals surface area contributed by atoms with Gasteiger partial charge in [0.2, 0.25) is 5.88 Å². The average Bonchev–Trinajstić information content (AvgIpc) is 2.99. The molecule has 1 aromatic carbocycles. The molecule has 24 heavy (non-hydrogen) atoms. The van der Waals surface area contributed by atoms with Gasteiger partial charge in [-0.2, -0.15) is 0 Å². The maximum atomic E-state index is 12.2. The van der Waals surface area contributed by atoms with Crippen molar-refractivity contribution < 1.29 is 24.1 Å². The van der Waals surface area contributed by atoms with Crippen molar-refractivity contribution in [2.75, 3.05) is 27.9 Å². The van der Waals surface area contributed by atoms with E-state index < -0.39 is 6.10 Å². The molecule has 0 aliphatic carbocycles. The van der Waals surface area contributed by atoms with Crippen molar-refractivity contribution in [3.63, 3.8) is 0 Å². The van der Waals surface area contributed by atoms with Gasteiger partial charge in [-0.05, 0) is 17.7 Å². The highest BCUT2D eigenvalue weighted by Gasteiger charge is 2.18. The Labute approximate surface area is 139 Å². The van der Waals surface area contributed by atoms with Crippen molar-refractivity contribution in [2.45, 2.75) is 6.10 Å². The number of aryl methyl sites for hydroxylation is 1. The van der Waals surface area contributed by atoms with Gasteiger partial charge >= 0.3 is 0 Å². The fourth-order valence-corrected chi connectivity index (χ4v) is 2.24. The quantitative estimate of drug-likeness (QED) is 0.781. The lowest BCUT2D eigenvalue weighted by atomic mass is 10.1. The van der Waals surface area contributed by atoms with E-state index in [4.69, 9.17) is 14.2 Å². The van der Waals surface area contributed by atoms with Crippen LogP contribution < -0.4 is 19.5 Å². The number of aliphatic hydroxyl groups is 1. The number of carbonyl (C=O) groups excluding carboxylic acids is 1. The zero-order valence-electron chi connectivity index (χ0n) is 14.1. The molecule has 0 spiro atoms. The minimum absolute atomic E-state index is 0.0341. The van der Waals surface area contributed by atoms with Gasteiger partial charge in [-0.25, -0.2) is 0 Å². The molecule has 1 amide bonds. The largest absolute Gasteiger partial charge is 0.493 e. The van der Waals surface area contributed by atoms with Crippen molar-refractivity contribution in [1.29, 1.82) is 0 Å². The highest BCUT2D eigenvalue weighted by molar-refractivity contribution is 5.96. The van der Waals surface area contributed by atoms with E-state index >= 15 is 0 Å². The lowest BCUT2D eigenvalue weighted by molar-refractivity contribution is 0.0913. The first-order valence-corrected chi connectivity index (χ1v) is 7.26. The second-order valence-electron chi connectivity index (χ2n) is 5.07. The molecule has 0 fully saturated rings. The Hall–Kier alpha value is -2.74. The van der Waals surface area contributed by atoms with Gasteiger partial charge < -0.3 is 24.6 Å². The topological polar surface area (TPSA) is 94.8 Å². The maximum absolute atomic E-state index is 12.2. The van der Waals surface area contributed by atoms with E-state index in [2.05, 4.69) is 10.4 Å².